The number of thioether (sulfide) groups is 1. The van der Waals surface area contributed by atoms with Gasteiger partial charge in [-0.25, -0.2) is 0 Å². The van der Waals surface area contributed by atoms with Crippen LogP contribution in [0.25, 0.3) is 0 Å². The molecular weight excluding hydrogens is 192 g/mol. The molecule has 14 heavy (non-hydrogen) atoms. The molecule has 0 aromatic rings. The summed E-state index contributed by atoms with van der Waals surface area (Å²) in [6.07, 6.45) is 3.80. The fourth-order valence-electron chi connectivity index (χ4n) is 2.41. The van der Waals surface area contributed by atoms with Crippen LogP contribution >= 0.6 is 11.8 Å². The summed E-state index contributed by atoms with van der Waals surface area (Å²) in [4.78, 5) is 4.56. The number of hydrogen-bond donors (Lipinski definition) is 1. The Bertz CT molecular complexity index is 254. The fourth-order valence-corrected chi connectivity index (χ4v) is 3.84. The number of nitrogens with zero attached hydrogens (tertiary/aromatic N) is 1. The molecule has 1 unspecified atom stereocenters. The normalized spacial score (nSPS) is 41.1. The van der Waals surface area contributed by atoms with E-state index in [0.717, 1.165) is 6.54 Å². The molecule has 1 heterocycles. The molecule has 1 aliphatic heterocycles. The first-order valence-electron chi connectivity index (χ1n) is 5.59. The lowest BCUT2D eigenvalue weighted by Gasteiger charge is -2.23. The molecule has 0 aromatic heterocycles. The lowest BCUT2D eigenvalue weighted by molar-refractivity contribution is 0.485. The van der Waals surface area contributed by atoms with E-state index < -0.39 is 0 Å². The Morgan fingerprint density at radius 2 is 2.43 bits per heavy atom. The van der Waals surface area contributed by atoms with Crippen LogP contribution in [0.5, 0.6) is 0 Å². The molecule has 2 aliphatic rings. The van der Waals surface area contributed by atoms with Crippen molar-refractivity contribution in [3.8, 4) is 0 Å². The van der Waals surface area contributed by atoms with Crippen molar-refractivity contribution in [1.29, 1.82) is 0 Å². The highest BCUT2D eigenvalue weighted by molar-refractivity contribution is 8.14. The van der Waals surface area contributed by atoms with Gasteiger partial charge in [0.1, 0.15) is 0 Å². The summed E-state index contributed by atoms with van der Waals surface area (Å²) < 4.78 is 0.390. The molecule has 1 fully saturated rings. The summed E-state index contributed by atoms with van der Waals surface area (Å²) in [5.41, 5.74) is 2.29. The highest BCUT2D eigenvalue weighted by Gasteiger charge is 2.70. The molecule has 0 bridgehead atoms. The molecule has 0 radical (unpaired) electrons. The molecule has 3 atom stereocenters. The van der Waals surface area contributed by atoms with Crippen LogP contribution in [0.4, 0.5) is 0 Å². The third-order valence-corrected chi connectivity index (χ3v) is 5.24. The minimum absolute atomic E-state index is 0.246. The van der Waals surface area contributed by atoms with E-state index in [-0.39, 0.29) is 5.54 Å². The molecule has 2 nitrogen and oxygen atoms in total. The van der Waals surface area contributed by atoms with Crippen molar-refractivity contribution in [3.63, 3.8) is 0 Å². The number of nitrogens with one attached hydrogen (secondary N) is 1. The van der Waals surface area contributed by atoms with Crippen molar-refractivity contribution in [2.75, 3.05) is 6.54 Å². The van der Waals surface area contributed by atoms with Gasteiger partial charge in [-0.3, -0.25) is 4.99 Å². The number of aliphatic imine (C=N–C) groups is 1. The molecule has 80 valence electrons. The molecule has 0 saturated heterocycles. The fraction of sp³-hybridized carbons (Fsp3) is 0.909. The predicted molar refractivity (Wildman–Crippen MR) is 64.2 cm³/mol. The van der Waals surface area contributed by atoms with Gasteiger partial charge < -0.3 is 5.32 Å². The first-order valence-corrected chi connectivity index (χ1v) is 6.47. The van der Waals surface area contributed by atoms with Crippen LogP contribution in [0.3, 0.4) is 0 Å². The lowest BCUT2D eigenvalue weighted by atomic mass is 10.1. The summed E-state index contributed by atoms with van der Waals surface area (Å²) in [5, 5.41) is 3.63. The van der Waals surface area contributed by atoms with Crippen LogP contribution in [-0.4, -0.2) is 28.4 Å². The van der Waals surface area contributed by atoms with Gasteiger partial charge in [-0.1, -0.05) is 13.3 Å². The maximum atomic E-state index is 4.56. The first-order chi connectivity index (χ1) is 6.65. The van der Waals surface area contributed by atoms with Gasteiger partial charge >= 0.3 is 0 Å². The van der Waals surface area contributed by atoms with E-state index in [0.29, 0.717) is 10.8 Å². The molecule has 0 aromatic carbocycles. The topological polar surface area (TPSA) is 24.4 Å². The largest absolute Gasteiger partial charge is 0.313 e. The van der Waals surface area contributed by atoms with Gasteiger partial charge in [0.2, 0.25) is 0 Å². The van der Waals surface area contributed by atoms with Crippen LogP contribution in [-0.2, 0) is 0 Å². The first kappa shape index (κ1) is 10.5. The highest BCUT2D eigenvalue weighted by atomic mass is 32.2. The Balaban J connectivity index is 1.85. The zero-order valence-corrected chi connectivity index (χ0v) is 10.2. The standard InChI is InChI=1S/C11H20N2S/c1-4-5-6-12-9(2)11-7-10(11,3)13-8-14-11/h8-9,12H,4-7H2,1-3H3/t9-,10?,11-/m0/s1. The van der Waals surface area contributed by atoms with Crippen LogP contribution in [0.2, 0.25) is 0 Å². The van der Waals surface area contributed by atoms with Crippen LogP contribution in [0.1, 0.15) is 40.0 Å². The Morgan fingerprint density at radius 1 is 1.64 bits per heavy atom. The number of unbranched alkanes of at least 4 members (excludes halogenated alkanes) is 1. The van der Waals surface area contributed by atoms with Crippen molar-refractivity contribution in [1.82, 2.24) is 5.32 Å². The van der Waals surface area contributed by atoms with E-state index in [1.54, 1.807) is 0 Å². The van der Waals surface area contributed by atoms with Gasteiger partial charge in [0, 0.05) is 6.04 Å². The average molecular weight is 212 g/mol. The third-order valence-electron chi connectivity index (χ3n) is 3.67. The Labute approximate surface area is 90.9 Å². The minimum Gasteiger partial charge on any atom is -0.313 e. The average Bonchev–Trinajstić information content (AvgIpc) is 2.62. The van der Waals surface area contributed by atoms with Crippen LogP contribution in [0, 0.1) is 0 Å². The summed E-state index contributed by atoms with van der Waals surface area (Å²) in [6, 6.07) is 0.589. The zero-order chi connectivity index (χ0) is 10.2. The van der Waals surface area contributed by atoms with Gasteiger partial charge in [0.05, 0.1) is 15.8 Å². The molecule has 1 aliphatic carbocycles. The summed E-state index contributed by atoms with van der Waals surface area (Å²) in [5.74, 6) is 0. The Morgan fingerprint density at radius 3 is 2.93 bits per heavy atom. The maximum absolute atomic E-state index is 4.56. The van der Waals surface area contributed by atoms with Crippen LogP contribution < -0.4 is 5.32 Å². The van der Waals surface area contributed by atoms with Gasteiger partial charge in [-0.15, -0.1) is 11.8 Å². The molecule has 1 N–H and O–H groups in total. The predicted octanol–water partition coefficient (Wildman–Crippen LogP) is 2.44. The number of hydrogen-bond acceptors (Lipinski definition) is 3. The highest BCUT2D eigenvalue weighted by Crippen LogP contribution is 2.64. The maximum Gasteiger partial charge on any atom is 0.0766 e. The van der Waals surface area contributed by atoms with E-state index in [1.165, 1.54) is 19.3 Å². The second-order valence-corrected chi connectivity index (χ2v) is 5.90. The summed E-state index contributed by atoms with van der Waals surface area (Å²) >= 11 is 1.93. The lowest BCUT2D eigenvalue weighted by Crippen LogP contribution is -2.40. The molecule has 0 spiro atoms. The Kier molecular flexibility index (Phi) is 2.64. The molecular formula is C11H20N2S. The molecule has 0 amide bonds. The monoisotopic (exact) mass is 212 g/mol. The van der Waals surface area contributed by atoms with E-state index in [1.807, 2.05) is 17.3 Å². The molecule has 1 saturated carbocycles. The van der Waals surface area contributed by atoms with Crippen molar-refractivity contribution < 1.29 is 0 Å². The zero-order valence-electron chi connectivity index (χ0n) is 9.34. The summed E-state index contributed by atoms with van der Waals surface area (Å²) in [7, 11) is 0. The summed E-state index contributed by atoms with van der Waals surface area (Å²) in [6.45, 7) is 7.97. The second-order valence-electron chi connectivity index (χ2n) is 4.72. The van der Waals surface area contributed by atoms with Crippen molar-refractivity contribution in [2.24, 2.45) is 4.99 Å². The van der Waals surface area contributed by atoms with E-state index in [2.05, 4.69) is 31.1 Å². The molecule has 2 rings (SSSR count). The van der Waals surface area contributed by atoms with E-state index in [4.69, 9.17) is 0 Å². The number of rotatable bonds is 5. The quantitative estimate of drug-likeness (QED) is 0.708. The van der Waals surface area contributed by atoms with Crippen molar-refractivity contribution in [2.45, 2.75) is 56.4 Å². The van der Waals surface area contributed by atoms with Gasteiger partial charge in [-0.05, 0) is 33.2 Å². The van der Waals surface area contributed by atoms with Crippen molar-refractivity contribution in [3.05, 3.63) is 0 Å². The van der Waals surface area contributed by atoms with Crippen molar-refractivity contribution >= 4 is 17.3 Å². The van der Waals surface area contributed by atoms with E-state index >= 15 is 0 Å². The third kappa shape index (κ3) is 1.41. The minimum atomic E-state index is 0.246. The second kappa shape index (κ2) is 3.53. The van der Waals surface area contributed by atoms with Gasteiger partial charge in [-0.2, -0.15) is 0 Å². The van der Waals surface area contributed by atoms with E-state index in [9.17, 15) is 0 Å². The van der Waals surface area contributed by atoms with Crippen LogP contribution in [0.15, 0.2) is 4.99 Å². The molecule has 3 heteroatoms. The smallest absolute Gasteiger partial charge is 0.0766 e. The Hall–Kier alpha value is -0.0200. The van der Waals surface area contributed by atoms with Gasteiger partial charge in [0.25, 0.3) is 0 Å². The SMILES string of the molecule is CCCCN[C@@H](C)[C@@]12CC1(C)N=CS2. The number of fused-ring (bicyclic) bond motifs is 1. The van der Waals surface area contributed by atoms with Gasteiger partial charge in [0.15, 0.2) is 0 Å².